The van der Waals surface area contributed by atoms with Crippen molar-refractivity contribution in [3.05, 3.63) is 35.8 Å². The third-order valence-corrected chi connectivity index (χ3v) is 8.17. The number of methoxy groups -OCH3 is 1. The number of nitrogen functional groups attached to an aromatic ring is 1. The van der Waals surface area contributed by atoms with Crippen LogP contribution in [0.1, 0.15) is 56.0 Å². The number of carbonyl (C=O) groups is 2. The number of alkyl halides is 3. The van der Waals surface area contributed by atoms with E-state index in [1.807, 2.05) is 25.7 Å². The Kier molecular flexibility index (Phi) is 8.35. The molecule has 3 atom stereocenters. The molecule has 2 saturated heterocycles. The number of rotatable bonds is 7. The van der Waals surface area contributed by atoms with Crippen LogP contribution in [-0.4, -0.2) is 97.4 Å². The molecule has 4 N–H and O–H groups in total. The molecule has 0 aliphatic carbocycles. The van der Waals surface area contributed by atoms with Gasteiger partial charge in [-0.25, -0.2) is 32.4 Å². The Balaban J connectivity index is 1.47. The lowest BCUT2D eigenvalue weighted by atomic mass is 9.85. The van der Waals surface area contributed by atoms with Gasteiger partial charge in [0.2, 0.25) is 5.88 Å². The van der Waals surface area contributed by atoms with Crippen molar-refractivity contribution in [3.8, 4) is 17.1 Å². The second-order valence-electron chi connectivity index (χ2n) is 12.7. The van der Waals surface area contributed by atoms with E-state index < -0.39 is 36.2 Å². The number of piperidine rings is 1. The summed E-state index contributed by atoms with van der Waals surface area (Å²) in [6.07, 6.45) is -0.239. The Morgan fingerprint density at radius 1 is 1.20 bits per heavy atom. The Labute approximate surface area is 252 Å². The number of pyridine rings is 1. The normalized spacial score (nSPS) is 22.3. The molecule has 2 aliphatic heterocycles. The van der Waals surface area contributed by atoms with Gasteiger partial charge in [0.1, 0.15) is 23.6 Å². The molecule has 0 radical (unpaired) electrons. The molecule has 238 valence electrons. The van der Waals surface area contributed by atoms with E-state index in [0.717, 1.165) is 10.5 Å². The minimum absolute atomic E-state index is 0.00779. The van der Waals surface area contributed by atoms with Crippen LogP contribution in [0, 0.1) is 5.41 Å². The van der Waals surface area contributed by atoms with E-state index in [-0.39, 0.29) is 55.2 Å². The second-order valence-corrected chi connectivity index (χ2v) is 12.7. The smallest absolute Gasteiger partial charge is 0.407 e. The molecule has 44 heavy (non-hydrogen) atoms. The number of nitrogens with zero attached hydrogens (tertiary/aromatic N) is 6. The number of fused-ring (bicyclic) bond motifs is 1. The van der Waals surface area contributed by atoms with Crippen molar-refractivity contribution in [2.24, 2.45) is 5.41 Å². The highest BCUT2D eigenvalue weighted by Crippen LogP contribution is 2.35. The Morgan fingerprint density at radius 3 is 2.55 bits per heavy atom. The molecule has 2 fully saturated rings. The van der Waals surface area contributed by atoms with Gasteiger partial charge in [-0.1, -0.05) is 20.8 Å². The van der Waals surface area contributed by atoms with E-state index in [9.17, 15) is 23.5 Å². The van der Waals surface area contributed by atoms with Crippen molar-refractivity contribution in [2.45, 2.75) is 70.8 Å². The number of carboxylic acid groups (broad SMARTS) is 1. The summed E-state index contributed by atoms with van der Waals surface area (Å²) in [5, 5.41) is 16.8. The number of amides is 2. The van der Waals surface area contributed by atoms with Crippen LogP contribution in [0.15, 0.2) is 24.7 Å². The fourth-order valence-corrected chi connectivity index (χ4v) is 6.04. The molecule has 3 aromatic rings. The van der Waals surface area contributed by atoms with Gasteiger partial charge in [-0.05, 0) is 29.5 Å². The van der Waals surface area contributed by atoms with Crippen molar-refractivity contribution in [1.82, 2.24) is 34.7 Å². The van der Waals surface area contributed by atoms with Gasteiger partial charge in [0, 0.05) is 44.2 Å². The van der Waals surface area contributed by atoms with Gasteiger partial charge in [-0.15, -0.1) is 0 Å². The molecule has 5 rings (SSSR count). The van der Waals surface area contributed by atoms with Crippen LogP contribution in [0.25, 0.3) is 16.8 Å². The van der Waals surface area contributed by atoms with E-state index in [2.05, 4.69) is 20.4 Å². The summed E-state index contributed by atoms with van der Waals surface area (Å²) in [7, 11) is 1.35. The van der Waals surface area contributed by atoms with Crippen molar-refractivity contribution >= 4 is 23.3 Å². The number of halogens is 3. The molecule has 2 aliphatic rings. The topological polar surface area (TPSA) is 151 Å². The average molecular weight is 619 g/mol. The molecule has 0 saturated carbocycles. The first-order chi connectivity index (χ1) is 20.7. The van der Waals surface area contributed by atoms with Gasteiger partial charge in [0.25, 0.3) is 11.8 Å². The lowest BCUT2D eigenvalue weighted by Crippen LogP contribution is -2.50. The van der Waals surface area contributed by atoms with E-state index in [1.165, 1.54) is 25.7 Å². The molecular formula is C29H37F3N8O4. The lowest BCUT2D eigenvalue weighted by molar-refractivity contribution is -0.0565. The lowest BCUT2D eigenvalue weighted by Gasteiger charge is -2.32. The zero-order chi connectivity index (χ0) is 32.0. The highest BCUT2D eigenvalue weighted by molar-refractivity contribution is 5.98. The van der Waals surface area contributed by atoms with Crippen LogP contribution in [0.3, 0.4) is 0 Å². The highest BCUT2D eigenvalue weighted by atomic mass is 19.3. The van der Waals surface area contributed by atoms with E-state index >= 15 is 4.39 Å². The summed E-state index contributed by atoms with van der Waals surface area (Å²) in [6.45, 7) is 6.17. The van der Waals surface area contributed by atoms with Crippen molar-refractivity contribution < 1.29 is 32.6 Å². The van der Waals surface area contributed by atoms with Gasteiger partial charge >= 0.3 is 6.09 Å². The van der Waals surface area contributed by atoms with Gasteiger partial charge in [0.05, 0.1) is 31.4 Å². The minimum Gasteiger partial charge on any atom is -0.480 e. The summed E-state index contributed by atoms with van der Waals surface area (Å²) in [5.74, 6) is -3.17. The van der Waals surface area contributed by atoms with Crippen molar-refractivity contribution in [1.29, 1.82) is 0 Å². The molecule has 15 heteroatoms. The average Bonchev–Trinajstić information content (AvgIpc) is 3.47. The minimum atomic E-state index is -2.68. The maximum Gasteiger partial charge on any atom is 0.407 e. The van der Waals surface area contributed by atoms with Gasteiger partial charge in [0.15, 0.2) is 5.82 Å². The number of hydrogen-bond donors (Lipinski definition) is 3. The zero-order valence-electron chi connectivity index (χ0n) is 25.1. The fraction of sp³-hybridized carbons (Fsp3) is 0.552. The maximum absolute atomic E-state index is 15.2. The summed E-state index contributed by atoms with van der Waals surface area (Å²) >= 11 is 0. The summed E-state index contributed by atoms with van der Waals surface area (Å²) in [4.78, 5) is 36.9. The Hall–Kier alpha value is -4.14. The van der Waals surface area contributed by atoms with Crippen molar-refractivity contribution in [3.63, 3.8) is 0 Å². The second kappa shape index (κ2) is 11.7. The highest BCUT2D eigenvalue weighted by Gasteiger charge is 2.47. The number of hydrogen-bond acceptors (Lipinski definition) is 8. The predicted molar refractivity (Wildman–Crippen MR) is 155 cm³/mol. The molecule has 0 spiro atoms. The van der Waals surface area contributed by atoms with Crippen LogP contribution < -0.4 is 15.8 Å². The molecule has 5 heterocycles. The van der Waals surface area contributed by atoms with E-state index in [4.69, 9.17) is 10.5 Å². The number of likely N-dealkylation sites (tertiary alicyclic amines) is 2. The van der Waals surface area contributed by atoms with Crippen LogP contribution in [-0.2, 0) is 6.54 Å². The molecule has 0 aromatic carbocycles. The number of carbonyl (C=O) groups excluding carboxylic acids is 1. The number of nitrogens with two attached hydrogens (primary N) is 1. The van der Waals surface area contributed by atoms with Crippen LogP contribution in [0.2, 0.25) is 0 Å². The third kappa shape index (κ3) is 6.37. The fourth-order valence-electron chi connectivity index (χ4n) is 6.04. The molecule has 0 bridgehead atoms. The van der Waals surface area contributed by atoms with Crippen LogP contribution >= 0.6 is 0 Å². The molecule has 12 nitrogen and oxygen atoms in total. The number of aromatic nitrogens is 4. The predicted octanol–water partition coefficient (Wildman–Crippen LogP) is 3.85. The Morgan fingerprint density at radius 2 is 1.91 bits per heavy atom. The van der Waals surface area contributed by atoms with Crippen LogP contribution in [0.4, 0.5) is 23.8 Å². The van der Waals surface area contributed by atoms with E-state index in [0.29, 0.717) is 29.7 Å². The first-order valence-corrected chi connectivity index (χ1v) is 14.4. The van der Waals surface area contributed by atoms with Gasteiger partial charge < -0.3 is 25.8 Å². The zero-order valence-corrected chi connectivity index (χ0v) is 25.1. The van der Waals surface area contributed by atoms with Crippen LogP contribution in [0.5, 0.6) is 5.88 Å². The van der Waals surface area contributed by atoms with Crippen molar-refractivity contribution in [2.75, 3.05) is 32.5 Å². The largest absolute Gasteiger partial charge is 0.480 e. The number of anilines is 1. The maximum atomic E-state index is 15.2. The summed E-state index contributed by atoms with van der Waals surface area (Å²) in [6, 6.07) is 1.47. The third-order valence-electron chi connectivity index (χ3n) is 8.17. The van der Waals surface area contributed by atoms with Gasteiger partial charge in [-0.2, -0.15) is 5.10 Å². The van der Waals surface area contributed by atoms with E-state index in [1.54, 1.807) is 10.6 Å². The molecule has 1 unspecified atom stereocenters. The standard InChI is InChI=1S/C29H37F3N8O4/c1-28(2,3)11-21-22(19(30)14-39(21)27(42)43)37-25(41)18-9-16(12-34-26(18)44-4)20-10-17(23-24(33)35-15-36-40(20)23)13-38-7-5-29(31,32)6-8-38/h9-10,12,15,19,21-22H,5-8,11,13-14H2,1-4H3,(H,37,41)(H,42,43)(H2,33,35,36)/t19-,21?,22-/m0/s1. The molecular weight excluding hydrogens is 581 g/mol. The first-order valence-electron chi connectivity index (χ1n) is 14.4. The first kappa shape index (κ1) is 31.3. The summed E-state index contributed by atoms with van der Waals surface area (Å²) in [5.41, 5.74) is 8.10. The van der Waals surface area contributed by atoms with Gasteiger partial charge in [-0.3, -0.25) is 9.69 Å². The summed E-state index contributed by atoms with van der Waals surface area (Å²) < 4.78 is 49.6. The number of ether oxygens (including phenoxy) is 1. The SMILES string of the molecule is COc1ncc(-c2cc(CN3CCC(F)(F)CC3)c3c(N)ncnn23)cc1C(=O)N[C@@H]1C(CC(C)(C)C)N(C(=O)O)C[C@@H]1F. The Bertz CT molecular complexity index is 1550. The number of nitrogens with one attached hydrogen (secondary N) is 1. The monoisotopic (exact) mass is 618 g/mol. The molecule has 3 aromatic heterocycles. The molecule has 2 amide bonds. The quantitative estimate of drug-likeness (QED) is 0.359.